The molecule has 1 aliphatic rings. The lowest BCUT2D eigenvalue weighted by Crippen LogP contribution is -2.43. The van der Waals surface area contributed by atoms with E-state index in [1.165, 1.54) is 19.2 Å². The number of benzene rings is 2. The van der Waals surface area contributed by atoms with Crippen LogP contribution in [0.4, 0.5) is 4.39 Å². The summed E-state index contributed by atoms with van der Waals surface area (Å²) in [4.78, 5) is 31.8. The number of esters is 1. The van der Waals surface area contributed by atoms with E-state index >= 15 is 0 Å². The maximum absolute atomic E-state index is 13.3. The summed E-state index contributed by atoms with van der Waals surface area (Å²) in [6.45, 7) is 1.54. The second-order valence-electron chi connectivity index (χ2n) is 9.06. The number of methoxy groups -OCH3 is 1. The van der Waals surface area contributed by atoms with Crippen molar-refractivity contribution in [2.75, 3.05) is 20.2 Å². The molecule has 9 nitrogen and oxygen atoms in total. The summed E-state index contributed by atoms with van der Waals surface area (Å²) in [6.07, 6.45) is 4.45. The maximum atomic E-state index is 13.3. The first kappa shape index (κ1) is 24.5. The van der Waals surface area contributed by atoms with Crippen molar-refractivity contribution in [3.05, 3.63) is 89.6 Å². The lowest BCUT2D eigenvalue weighted by atomic mass is 10.1. The number of pyridine rings is 1. The number of likely N-dealkylation sites (tertiary alicyclic amines) is 1. The van der Waals surface area contributed by atoms with Crippen molar-refractivity contribution < 1.29 is 18.7 Å². The molecule has 190 valence electrons. The van der Waals surface area contributed by atoms with Crippen molar-refractivity contribution in [1.29, 1.82) is 0 Å². The highest BCUT2D eigenvalue weighted by Gasteiger charge is 2.38. The second-order valence-corrected chi connectivity index (χ2v) is 9.06. The van der Waals surface area contributed by atoms with Crippen LogP contribution in [0, 0.1) is 5.82 Å². The van der Waals surface area contributed by atoms with Crippen LogP contribution in [0.25, 0.3) is 10.9 Å². The normalized spacial score (nSPS) is 17.7. The third kappa shape index (κ3) is 5.49. The molecule has 1 fully saturated rings. The summed E-state index contributed by atoms with van der Waals surface area (Å²) in [7, 11) is 1.30. The number of rotatable bonds is 8. The molecule has 10 heteroatoms. The van der Waals surface area contributed by atoms with Gasteiger partial charge in [-0.3, -0.25) is 14.7 Å². The highest BCUT2D eigenvalue weighted by Crippen LogP contribution is 2.30. The average molecular weight is 503 g/mol. The molecule has 0 spiro atoms. The van der Waals surface area contributed by atoms with E-state index in [1.54, 1.807) is 29.2 Å². The minimum absolute atomic E-state index is 0.0868. The van der Waals surface area contributed by atoms with Crippen molar-refractivity contribution >= 4 is 22.8 Å². The average Bonchev–Trinajstić information content (AvgIpc) is 3.57. The van der Waals surface area contributed by atoms with Gasteiger partial charge in [-0.05, 0) is 48.2 Å². The van der Waals surface area contributed by atoms with Crippen LogP contribution in [0.15, 0.2) is 67.0 Å². The number of aromatic nitrogens is 4. The van der Waals surface area contributed by atoms with Crippen molar-refractivity contribution in [2.24, 2.45) is 0 Å². The molecule has 0 bridgehead atoms. The Labute approximate surface area is 213 Å². The molecule has 2 aromatic heterocycles. The molecule has 3 heterocycles. The Balaban J connectivity index is 1.34. The number of halogens is 1. The number of ether oxygens (including phenoxy) is 1. The van der Waals surface area contributed by atoms with E-state index in [0.29, 0.717) is 32.5 Å². The van der Waals surface area contributed by atoms with Crippen LogP contribution in [0.5, 0.6) is 0 Å². The number of carbonyl (C=O) groups is 2. The fourth-order valence-corrected chi connectivity index (χ4v) is 4.78. The predicted octanol–water partition coefficient (Wildman–Crippen LogP) is 2.93. The molecule has 0 unspecified atom stereocenters. The monoisotopic (exact) mass is 502 g/mol. The topological polar surface area (TPSA) is 102 Å². The number of hydrogen-bond donors (Lipinski definition) is 1. The highest BCUT2D eigenvalue weighted by molar-refractivity contribution is 5.86. The van der Waals surface area contributed by atoms with E-state index in [-0.39, 0.29) is 23.5 Å². The van der Waals surface area contributed by atoms with Gasteiger partial charge >= 0.3 is 5.97 Å². The van der Waals surface area contributed by atoms with E-state index in [0.717, 1.165) is 22.0 Å². The number of carbonyl (C=O) groups excluding carboxylic acids is 2. The van der Waals surface area contributed by atoms with E-state index in [2.05, 4.69) is 25.5 Å². The molecule has 0 radical (unpaired) electrons. The minimum atomic E-state index is -0.556. The molecule has 4 aromatic rings. The van der Waals surface area contributed by atoms with Gasteiger partial charge in [0.25, 0.3) is 0 Å². The SMILES string of the molecule is COC(=O)c1cn([C@@H]2C[C@@H](C(=O)NCCc3ccc(F)cc3)N(Cc3ccnc4ccccc34)C2)nn1. The first-order valence-electron chi connectivity index (χ1n) is 12.1. The molecular weight excluding hydrogens is 475 g/mol. The van der Waals surface area contributed by atoms with Crippen LogP contribution >= 0.6 is 0 Å². The van der Waals surface area contributed by atoms with Gasteiger partial charge in [0.2, 0.25) is 5.91 Å². The third-order valence-corrected chi connectivity index (χ3v) is 6.70. The molecular formula is C27H27FN6O3. The number of fused-ring (bicyclic) bond motifs is 1. The molecule has 2 aromatic carbocycles. The van der Waals surface area contributed by atoms with Crippen LogP contribution in [-0.2, 0) is 22.5 Å². The lowest BCUT2D eigenvalue weighted by molar-refractivity contribution is -0.125. The quantitative estimate of drug-likeness (QED) is 0.370. The Morgan fingerprint density at radius 1 is 1.14 bits per heavy atom. The lowest BCUT2D eigenvalue weighted by Gasteiger charge is -2.24. The van der Waals surface area contributed by atoms with Gasteiger partial charge in [0.15, 0.2) is 5.69 Å². The Kier molecular flexibility index (Phi) is 7.18. The van der Waals surface area contributed by atoms with Crippen molar-refractivity contribution in [3.8, 4) is 0 Å². The van der Waals surface area contributed by atoms with E-state index < -0.39 is 12.0 Å². The fraction of sp³-hybridized carbons (Fsp3) is 0.296. The smallest absolute Gasteiger partial charge is 0.360 e. The first-order chi connectivity index (χ1) is 18.0. The first-order valence-corrected chi connectivity index (χ1v) is 12.1. The van der Waals surface area contributed by atoms with Crippen molar-refractivity contribution in [2.45, 2.75) is 31.5 Å². The predicted molar refractivity (Wildman–Crippen MR) is 134 cm³/mol. The van der Waals surface area contributed by atoms with E-state index in [9.17, 15) is 14.0 Å². The van der Waals surface area contributed by atoms with E-state index in [1.807, 2.05) is 30.3 Å². The standard InChI is InChI=1S/C27H27FN6O3/c1-37-27(36)24-17-34(32-31-24)21-14-25(26(35)30-12-10-18-6-8-20(28)9-7-18)33(16-21)15-19-11-13-29-23-5-3-2-4-22(19)23/h2-9,11,13,17,21,25H,10,12,14-16H2,1H3,(H,30,35)/t21-,25+/m1/s1. The number of para-hydroxylation sites is 1. The Hall–Kier alpha value is -4.18. The van der Waals surface area contributed by atoms with Gasteiger partial charge in [-0.15, -0.1) is 5.10 Å². The van der Waals surface area contributed by atoms with Crippen LogP contribution < -0.4 is 5.32 Å². The van der Waals surface area contributed by atoms with E-state index in [4.69, 9.17) is 4.74 Å². The van der Waals surface area contributed by atoms with Crippen LogP contribution in [0.1, 0.15) is 34.1 Å². The number of nitrogens with zero attached hydrogens (tertiary/aromatic N) is 5. The molecule has 0 aliphatic carbocycles. The Morgan fingerprint density at radius 3 is 2.76 bits per heavy atom. The number of hydrogen-bond acceptors (Lipinski definition) is 7. The summed E-state index contributed by atoms with van der Waals surface area (Å²) < 4.78 is 19.6. The fourth-order valence-electron chi connectivity index (χ4n) is 4.78. The zero-order chi connectivity index (χ0) is 25.8. The van der Waals surface area contributed by atoms with Crippen molar-refractivity contribution in [1.82, 2.24) is 30.2 Å². The molecule has 37 heavy (non-hydrogen) atoms. The Morgan fingerprint density at radius 2 is 1.95 bits per heavy atom. The summed E-state index contributed by atoms with van der Waals surface area (Å²) in [5.41, 5.74) is 3.05. The molecule has 1 aliphatic heterocycles. The summed E-state index contributed by atoms with van der Waals surface area (Å²) in [6, 6.07) is 15.6. The van der Waals surface area contributed by atoms with Gasteiger partial charge in [0.05, 0.1) is 30.9 Å². The molecule has 5 rings (SSSR count). The minimum Gasteiger partial charge on any atom is -0.464 e. The zero-order valence-electron chi connectivity index (χ0n) is 20.4. The van der Waals surface area contributed by atoms with Gasteiger partial charge in [0.1, 0.15) is 5.82 Å². The second kappa shape index (κ2) is 10.8. The third-order valence-electron chi connectivity index (χ3n) is 6.70. The summed E-state index contributed by atoms with van der Waals surface area (Å²) in [5.74, 6) is -0.928. The number of nitrogens with one attached hydrogen (secondary N) is 1. The van der Waals surface area contributed by atoms with Crippen LogP contribution in [-0.4, -0.2) is 63.0 Å². The van der Waals surface area contributed by atoms with Gasteiger partial charge in [-0.25, -0.2) is 13.9 Å². The largest absolute Gasteiger partial charge is 0.464 e. The van der Waals surface area contributed by atoms with Gasteiger partial charge in [-0.2, -0.15) is 0 Å². The molecule has 2 atom stereocenters. The molecule has 0 saturated carbocycles. The van der Waals surface area contributed by atoms with Gasteiger partial charge in [-0.1, -0.05) is 35.5 Å². The van der Waals surface area contributed by atoms with Crippen molar-refractivity contribution in [3.63, 3.8) is 0 Å². The Bertz CT molecular complexity index is 1400. The molecule has 1 saturated heterocycles. The number of amides is 1. The summed E-state index contributed by atoms with van der Waals surface area (Å²) >= 11 is 0. The molecule has 1 N–H and O–H groups in total. The zero-order valence-corrected chi connectivity index (χ0v) is 20.4. The molecule has 1 amide bonds. The highest BCUT2D eigenvalue weighted by atomic mass is 19.1. The maximum Gasteiger partial charge on any atom is 0.360 e. The van der Waals surface area contributed by atoms with Gasteiger partial charge < -0.3 is 10.1 Å². The van der Waals surface area contributed by atoms with Crippen LogP contribution in [0.3, 0.4) is 0 Å². The van der Waals surface area contributed by atoms with Crippen LogP contribution in [0.2, 0.25) is 0 Å². The van der Waals surface area contributed by atoms with Gasteiger partial charge in [0, 0.05) is 31.2 Å². The summed E-state index contributed by atoms with van der Waals surface area (Å²) in [5, 5.41) is 12.1.